The van der Waals surface area contributed by atoms with Crippen LogP contribution >= 0.6 is 0 Å². The highest BCUT2D eigenvalue weighted by Gasteiger charge is 2.22. The van der Waals surface area contributed by atoms with E-state index < -0.39 is 15.6 Å². The Labute approximate surface area is 104 Å². The minimum absolute atomic E-state index is 0.276. The topological polar surface area (TPSA) is 67.4 Å². The van der Waals surface area contributed by atoms with E-state index in [0.29, 0.717) is 6.54 Å². The molecule has 0 aromatic heterocycles. The molecular formula is C11H24N2O3S. The lowest BCUT2D eigenvalue weighted by Gasteiger charge is -2.28. The van der Waals surface area contributed by atoms with Crippen molar-refractivity contribution >= 4 is 10.0 Å². The quantitative estimate of drug-likeness (QED) is 0.732. The molecule has 5 nitrogen and oxygen atoms in total. The standard InChI is InChI=1S/C11H24N2O3S/c1-11(2,13-17(3,14)15)9-12-8-10-6-4-5-7-16-10/h10,12-13H,4-9H2,1-3H3. The van der Waals surface area contributed by atoms with Crippen molar-refractivity contribution < 1.29 is 13.2 Å². The fraction of sp³-hybridized carbons (Fsp3) is 1.00. The van der Waals surface area contributed by atoms with Gasteiger partial charge in [0.2, 0.25) is 10.0 Å². The van der Waals surface area contributed by atoms with Crippen LogP contribution in [-0.4, -0.2) is 46.0 Å². The van der Waals surface area contributed by atoms with Crippen LogP contribution in [0.4, 0.5) is 0 Å². The van der Waals surface area contributed by atoms with E-state index in [1.165, 1.54) is 12.7 Å². The van der Waals surface area contributed by atoms with E-state index in [1.54, 1.807) is 0 Å². The zero-order valence-corrected chi connectivity index (χ0v) is 11.8. The van der Waals surface area contributed by atoms with Gasteiger partial charge in [-0.15, -0.1) is 0 Å². The summed E-state index contributed by atoms with van der Waals surface area (Å²) >= 11 is 0. The van der Waals surface area contributed by atoms with Gasteiger partial charge in [0, 0.05) is 25.2 Å². The summed E-state index contributed by atoms with van der Waals surface area (Å²) in [5, 5.41) is 3.27. The molecule has 0 saturated carbocycles. The maximum Gasteiger partial charge on any atom is 0.209 e. The molecule has 6 heteroatoms. The lowest BCUT2D eigenvalue weighted by molar-refractivity contribution is 0.0164. The summed E-state index contributed by atoms with van der Waals surface area (Å²) < 4.78 is 30.5. The van der Waals surface area contributed by atoms with Crippen molar-refractivity contribution in [2.45, 2.75) is 44.8 Å². The Bertz CT molecular complexity index is 322. The number of nitrogens with one attached hydrogen (secondary N) is 2. The smallest absolute Gasteiger partial charge is 0.209 e. The highest BCUT2D eigenvalue weighted by Crippen LogP contribution is 2.12. The molecule has 0 bridgehead atoms. The molecule has 1 fully saturated rings. The van der Waals surface area contributed by atoms with E-state index in [-0.39, 0.29) is 6.10 Å². The van der Waals surface area contributed by atoms with Gasteiger partial charge < -0.3 is 10.1 Å². The second-order valence-electron chi connectivity index (χ2n) is 5.38. The Balaban J connectivity index is 2.24. The molecule has 1 aliphatic rings. The molecule has 0 radical (unpaired) electrons. The molecule has 102 valence electrons. The van der Waals surface area contributed by atoms with E-state index >= 15 is 0 Å². The molecule has 1 atom stereocenters. The van der Waals surface area contributed by atoms with Crippen LogP contribution in [0.25, 0.3) is 0 Å². The van der Waals surface area contributed by atoms with Crippen LogP contribution < -0.4 is 10.0 Å². The summed E-state index contributed by atoms with van der Waals surface area (Å²) in [7, 11) is -3.16. The Morgan fingerprint density at radius 3 is 2.59 bits per heavy atom. The van der Waals surface area contributed by atoms with Crippen LogP contribution in [0.1, 0.15) is 33.1 Å². The monoisotopic (exact) mass is 264 g/mol. The van der Waals surface area contributed by atoms with Gasteiger partial charge in [-0.05, 0) is 33.1 Å². The number of hydrogen-bond donors (Lipinski definition) is 2. The van der Waals surface area contributed by atoms with E-state index in [0.717, 1.165) is 26.0 Å². The second kappa shape index (κ2) is 6.13. The molecule has 0 aliphatic carbocycles. The first-order valence-corrected chi connectivity index (χ1v) is 7.99. The van der Waals surface area contributed by atoms with Crippen LogP contribution in [0.2, 0.25) is 0 Å². The number of sulfonamides is 1. The van der Waals surface area contributed by atoms with Crippen LogP contribution in [0.5, 0.6) is 0 Å². The van der Waals surface area contributed by atoms with Gasteiger partial charge in [0.05, 0.1) is 12.4 Å². The zero-order chi connectivity index (χ0) is 12.9. The lowest BCUT2D eigenvalue weighted by Crippen LogP contribution is -2.51. The highest BCUT2D eigenvalue weighted by atomic mass is 32.2. The molecule has 2 N–H and O–H groups in total. The summed E-state index contributed by atoms with van der Waals surface area (Å²) in [6, 6.07) is 0. The second-order valence-corrected chi connectivity index (χ2v) is 7.13. The molecule has 1 heterocycles. The van der Waals surface area contributed by atoms with Crippen LogP contribution in [0, 0.1) is 0 Å². The minimum atomic E-state index is -3.16. The van der Waals surface area contributed by atoms with E-state index in [4.69, 9.17) is 4.74 Å². The Morgan fingerprint density at radius 1 is 1.35 bits per heavy atom. The Kier molecular flexibility index (Phi) is 5.37. The summed E-state index contributed by atoms with van der Waals surface area (Å²) in [5.74, 6) is 0. The third-order valence-electron chi connectivity index (χ3n) is 2.67. The van der Waals surface area contributed by atoms with Crippen molar-refractivity contribution in [3.63, 3.8) is 0 Å². The lowest BCUT2D eigenvalue weighted by atomic mass is 10.1. The fourth-order valence-corrected chi connectivity index (χ4v) is 3.13. The van der Waals surface area contributed by atoms with Crippen molar-refractivity contribution in [3.05, 3.63) is 0 Å². The van der Waals surface area contributed by atoms with Crippen LogP contribution in [-0.2, 0) is 14.8 Å². The molecule has 1 saturated heterocycles. The first kappa shape index (κ1) is 14.9. The van der Waals surface area contributed by atoms with Gasteiger partial charge in [0.1, 0.15) is 0 Å². The average molecular weight is 264 g/mol. The average Bonchev–Trinajstić information content (AvgIpc) is 2.15. The molecule has 1 unspecified atom stereocenters. The molecule has 0 aromatic carbocycles. The van der Waals surface area contributed by atoms with Crippen LogP contribution in [0.3, 0.4) is 0 Å². The molecule has 17 heavy (non-hydrogen) atoms. The molecular weight excluding hydrogens is 240 g/mol. The predicted octanol–water partition coefficient (Wildman–Crippen LogP) is 0.473. The SMILES string of the molecule is CC(C)(CNCC1CCCCO1)NS(C)(=O)=O. The van der Waals surface area contributed by atoms with Crippen molar-refractivity contribution in [1.82, 2.24) is 10.0 Å². The predicted molar refractivity (Wildman–Crippen MR) is 68.5 cm³/mol. The van der Waals surface area contributed by atoms with Crippen LogP contribution in [0.15, 0.2) is 0 Å². The van der Waals surface area contributed by atoms with Gasteiger partial charge in [-0.1, -0.05) is 0 Å². The number of ether oxygens (including phenoxy) is 1. The van der Waals surface area contributed by atoms with E-state index in [1.807, 2.05) is 13.8 Å². The van der Waals surface area contributed by atoms with E-state index in [9.17, 15) is 8.42 Å². The fourth-order valence-electron chi connectivity index (χ4n) is 2.05. The maximum atomic E-state index is 11.1. The van der Waals surface area contributed by atoms with Crippen molar-refractivity contribution in [2.24, 2.45) is 0 Å². The van der Waals surface area contributed by atoms with Gasteiger partial charge >= 0.3 is 0 Å². The summed E-state index contributed by atoms with van der Waals surface area (Å²) in [5.41, 5.74) is -0.470. The molecule has 0 aromatic rings. The number of hydrogen-bond acceptors (Lipinski definition) is 4. The van der Waals surface area contributed by atoms with Gasteiger partial charge in [-0.2, -0.15) is 0 Å². The molecule has 1 aliphatic heterocycles. The normalized spacial score (nSPS) is 22.6. The molecule has 0 amide bonds. The molecule has 0 spiro atoms. The first-order valence-electron chi connectivity index (χ1n) is 6.10. The first-order chi connectivity index (χ1) is 7.79. The molecule has 1 rings (SSSR count). The highest BCUT2D eigenvalue weighted by molar-refractivity contribution is 7.88. The Hall–Kier alpha value is -0.170. The van der Waals surface area contributed by atoms with E-state index in [2.05, 4.69) is 10.0 Å². The number of rotatable bonds is 6. The minimum Gasteiger partial charge on any atom is -0.377 e. The third kappa shape index (κ3) is 6.98. The summed E-state index contributed by atoms with van der Waals surface area (Å²) in [6.07, 6.45) is 4.92. The van der Waals surface area contributed by atoms with Crippen molar-refractivity contribution in [2.75, 3.05) is 26.0 Å². The van der Waals surface area contributed by atoms with Gasteiger partial charge in [0.15, 0.2) is 0 Å². The Morgan fingerprint density at radius 2 is 2.06 bits per heavy atom. The zero-order valence-electron chi connectivity index (χ0n) is 11.0. The third-order valence-corrected chi connectivity index (χ3v) is 3.60. The van der Waals surface area contributed by atoms with Crippen molar-refractivity contribution in [3.8, 4) is 0 Å². The van der Waals surface area contributed by atoms with Gasteiger partial charge in [0.25, 0.3) is 0 Å². The largest absolute Gasteiger partial charge is 0.377 e. The summed E-state index contributed by atoms with van der Waals surface area (Å²) in [6.45, 7) is 5.96. The van der Waals surface area contributed by atoms with Crippen molar-refractivity contribution in [1.29, 1.82) is 0 Å². The maximum absolute atomic E-state index is 11.1. The van der Waals surface area contributed by atoms with Gasteiger partial charge in [-0.25, -0.2) is 13.1 Å². The summed E-state index contributed by atoms with van der Waals surface area (Å²) in [4.78, 5) is 0. The van der Waals surface area contributed by atoms with Gasteiger partial charge in [-0.3, -0.25) is 0 Å².